The second-order valence-electron chi connectivity index (χ2n) is 6.99. The van der Waals surface area contributed by atoms with E-state index in [0.29, 0.717) is 6.42 Å². The van der Waals surface area contributed by atoms with Crippen molar-refractivity contribution in [2.75, 3.05) is 13.1 Å². The van der Waals surface area contributed by atoms with Crippen LogP contribution in [0.4, 0.5) is 0 Å². The SMILES string of the molecule is Cc1ccc(C(C)NC(=O)Cn2cnc3c(c2=O)CCNCC3)cc1C. The first kappa shape index (κ1) is 18.3. The minimum atomic E-state index is -0.189. The number of nitrogens with zero attached hydrogens (tertiary/aromatic N) is 2. The highest BCUT2D eigenvalue weighted by atomic mass is 16.2. The molecular formula is C20H26N4O2. The maximum absolute atomic E-state index is 12.7. The Kier molecular flexibility index (Phi) is 5.52. The number of carbonyl (C=O) groups is 1. The summed E-state index contributed by atoms with van der Waals surface area (Å²) in [5, 5.41) is 6.24. The zero-order valence-electron chi connectivity index (χ0n) is 15.6. The Labute approximate surface area is 153 Å². The minimum Gasteiger partial charge on any atom is -0.348 e. The predicted octanol–water partition coefficient (Wildman–Crippen LogP) is 1.43. The maximum atomic E-state index is 12.7. The summed E-state index contributed by atoms with van der Waals surface area (Å²) in [6.45, 7) is 7.66. The van der Waals surface area contributed by atoms with Crippen molar-refractivity contribution >= 4 is 5.91 Å². The summed E-state index contributed by atoms with van der Waals surface area (Å²) >= 11 is 0. The summed E-state index contributed by atoms with van der Waals surface area (Å²) in [7, 11) is 0. The minimum absolute atomic E-state index is 0.0122. The summed E-state index contributed by atoms with van der Waals surface area (Å²) < 4.78 is 1.41. The molecule has 0 bridgehead atoms. The van der Waals surface area contributed by atoms with Crippen molar-refractivity contribution in [3.8, 4) is 0 Å². The highest BCUT2D eigenvalue weighted by molar-refractivity contribution is 5.76. The summed E-state index contributed by atoms with van der Waals surface area (Å²) in [6, 6.07) is 6.05. The van der Waals surface area contributed by atoms with E-state index in [1.54, 1.807) is 0 Å². The van der Waals surface area contributed by atoms with Crippen LogP contribution >= 0.6 is 0 Å². The molecule has 1 aromatic heterocycles. The predicted molar refractivity (Wildman–Crippen MR) is 101 cm³/mol. The van der Waals surface area contributed by atoms with Crippen LogP contribution in [-0.2, 0) is 24.2 Å². The van der Waals surface area contributed by atoms with E-state index < -0.39 is 0 Å². The highest BCUT2D eigenvalue weighted by Gasteiger charge is 2.16. The van der Waals surface area contributed by atoms with Gasteiger partial charge in [0.05, 0.1) is 18.1 Å². The fourth-order valence-corrected chi connectivity index (χ4v) is 3.25. The van der Waals surface area contributed by atoms with Crippen molar-refractivity contribution in [2.24, 2.45) is 0 Å². The van der Waals surface area contributed by atoms with Gasteiger partial charge in [0.2, 0.25) is 5.91 Å². The van der Waals surface area contributed by atoms with Crippen molar-refractivity contribution in [3.63, 3.8) is 0 Å². The summed E-state index contributed by atoms with van der Waals surface area (Å²) in [6.07, 6.45) is 2.90. The van der Waals surface area contributed by atoms with Crippen LogP contribution in [0.5, 0.6) is 0 Å². The number of aryl methyl sites for hydroxylation is 2. The molecule has 1 atom stereocenters. The Morgan fingerprint density at radius 3 is 2.81 bits per heavy atom. The third-order valence-corrected chi connectivity index (χ3v) is 5.03. The number of amides is 1. The van der Waals surface area contributed by atoms with E-state index in [1.807, 2.05) is 13.0 Å². The second-order valence-corrected chi connectivity index (χ2v) is 6.99. The first-order valence-corrected chi connectivity index (χ1v) is 9.10. The molecule has 1 aliphatic rings. The van der Waals surface area contributed by atoms with Crippen LogP contribution in [-0.4, -0.2) is 28.5 Å². The summed E-state index contributed by atoms with van der Waals surface area (Å²) in [5.41, 5.74) is 4.95. The Hall–Kier alpha value is -2.47. The van der Waals surface area contributed by atoms with Crippen LogP contribution in [0.25, 0.3) is 0 Å². The van der Waals surface area contributed by atoms with Gasteiger partial charge in [0, 0.05) is 18.5 Å². The van der Waals surface area contributed by atoms with Crippen molar-refractivity contribution < 1.29 is 4.79 Å². The number of rotatable bonds is 4. The molecule has 6 heteroatoms. The van der Waals surface area contributed by atoms with E-state index >= 15 is 0 Å². The van der Waals surface area contributed by atoms with Gasteiger partial charge in [-0.3, -0.25) is 14.2 Å². The zero-order chi connectivity index (χ0) is 18.7. The van der Waals surface area contributed by atoms with Crippen LogP contribution in [0.2, 0.25) is 0 Å². The lowest BCUT2D eigenvalue weighted by Crippen LogP contribution is -2.35. The fourth-order valence-electron chi connectivity index (χ4n) is 3.25. The highest BCUT2D eigenvalue weighted by Crippen LogP contribution is 2.16. The van der Waals surface area contributed by atoms with Gasteiger partial charge in [0.1, 0.15) is 6.54 Å². The van der Waals surface area contributed by atoms with E-state index in [1.165, 1.54) is 22.0 Å². The van der Waals surface area contributed by atoms with E-state index in [4.69, 9.17) is 0 Å². The number of hydrogen-bond acceptors (Lipinski definition) is 4. The molecule has 3 rings (SSSR count). The molecule has 0 spiro atoms. The van der Waals surface area contributed by atoms with Gasteiger partial charge in [-0.25, -0.2) is 4.98 Å². The van der Waals surface area contributed by atoms with Gasteiger partial charge >= 0.3 is 0 Å². The second kappa shape index (κ2) is 7.83. The molecule has 0 saturated carbocycles. The van der Waals surface area contributed by atoms with Crippen molar-refractivity contribution in [2.45, 2.75) is 46.2 Å². The Morgan fingerprint density at radius 1 is 1.27 bits per heavy atom. The Bertz CT molecular complexity index is 873. The topological polar surface area (TPSA) is 76.0 Å². The number of fused-ring (bicyclic) bond motifs is 1. The maximum Gasteiger partial charge on any atom is 0.257 e. The quantitative estimate of drug-likeness (QED) is 0.871. The monoisotopic (exact) mass is 354 g/mol. The molecule has 2 heterocycles. The van der Waals surface area contributed by atoms with E-state index in [2.05, 4.69) is 41.6 Å². The molecule has 0 fully saturated rings. The van der Waals surface area contributed by atoms with Gasteiger partial charge in [-0.1, -0.05) is 18.2 Å². The van der Waals surface area contributed by atoms with E-state index in [0.717, 1.165) is 36.3 Å². The number of hydrogen-bond donors (Lipinski definition) is 2. The number of nitrogens with one attached hydrogen (secondary N) is 2. The average Bonchev–Trinajstić information content (AvgIpc) is 2.85. The lowest BCUT2D eigenvalue weighted by molar-refractivity contribution is -0.122. The van der Waals surface area contributed by atoms with Crippen molar-refractivity contribution in [3.05, 3.63) is 62.8 Å². The lowest BCUT2D eigenvalue weighted by atomic mass is 10.0. The van der Waals surface area contributed by atoms with Gasteiger partial charge in [-0.2, -0.15) is 0 Å². The number of benzene rings is 1. The molecule has 1 unspecified atom stereocenters. The molecule has 2 N–H and O–H groups in total. The molecule has 138 valence electrons. The van der Waals surface area contributed by atoms with Crippen LogP contribution in [0.3, 0.4) is 0 Å². The van der Waals surface area contributed by atoms with Crippen LogP contribution in [0.15, 0.2) is 29.3 Å². The number of carbonyl (C=O) groups excluding carboxylic acids is 1. The van der Waals surface area contributed by atoms with Crippen LogP contribution in [0.1, 0.15) is 40.9 Å². The molecule has 1 amide bonds. The van der Waals surface area contributed by atoms with Gasteiger partial charge in [-0.15, -0.1) is 0 Å². The van der Waals surface area contributed by atoms with Crippen molar-refractivity contribution in [1.82, 2.24) is 20.2 Å². The van der Waals surface area contributed by atoms with E-state index in [9.17, 15) is 9.59 Å². The lowest BCUT2D eigenvalue weighted by Gasteiger charge is -2.16. The van der Waals surface area contributed by atoms with Crippen LogP contribution < -0.4 is 16.2 Å². The zero-order valence-corrected chi connectivity index (χ0v) is 15.6. The van der Waals surface area contributed by atoms with Crippen molar-refractivity contribution in [1.29, 1.82) is 0 Å². The van der Waals surface area contributed by atoms with Gasteiger partial charge in [0.15, 0.2) is 0 Å². The molecule has 0 aliphatic carbocycles. The first-order chi connectivity index (χ1) is 12.5. The Balaban J connectivity index is 1.71. The smallest absolute Gasteiger partial charge is 0.257 e. The molecule has 2 aromatic rings. The van der Waals surface area contributed by atoms with Gasteiger partial charge in [-0.05, 0) is 50.4 Å². The van der Waals surface area contributed by atoms with Crippen LogP contribution in [0, 0.1) is 13.8 Å². The molecule has 26 heavy (non-hydrogen) atoms. The molecule has 6 nitrogen and oxygen atoms in total. The van der Waals surface area contributed by atoms with Gasteiger partial charge in [0.25, 0.3) is 5.56 Å². The Morgan fingerprint density at radius 2 is 2.04 bits per heavy atom. The normalized spacial score (nSPS) is 15.0. The van der Waals surface area contributed by atoms with Gasteiger partial charge < -0.3 is 10.6 Å². The molecular weight excluding hydrogens is 328 g/mol. The summed E-state index contributed by atoms with van der Waals surface area (Å²) in [5.74, 6) is -0.189. The van der Waals surface area contributed by atoms with E-state index in [-0.39, 0.29) is 24.1 Å². The molecule has 0 radical (unpaired) electrons. The summed E-state index contributed by atoms with van der Waals surface area (Å²) in [4.78, 5) is 29.5. The molecule has 0 saturated heterocycles. The average molecular weight is 354 g/mol. The standard InChI is InChI=1S/C20H26N4O2/c1-13-4-5-16(10-14(13)2)15(3)23-19(25)11-24-12-22-18-7-9-21-8-6-17(18)20(24)26/h4-5,10,12,15,21H,6-9,11H2,1-3H3,(H,23,25). The third-order valence-electron chi connectivity index (χ3n) is 5.03. The molecule has 1 aromatic carbocycles. The largest absolute Gasteiger partial charge is 0.348 e. The third kappa shape index (κ3) is 4.02. The number of aromatic nitrogens is 2. The first-order valence-electron chi connectivity index (χ1n) is 9.10. The fraction of sp³-hybridized carbons (Fsp3) is 0.450. The molecule has 1 aliphatic heterocycles.